The molecule has 1 fully saturated rings. The monoisotopic (exact) mass is 280 g/mol. The number of nitro benzene ring substituents is 1. The van der Waals surface area contributed by atoms with Crippen molar-refractivity contribution in [2.45, 2.75) is 32.2 Å². The van der Waals surface area contributed by atoms with E-state index < -0.39 is 4.92 Å². The second-order valence-electron chi connectivity index (χ2n) is 4.78. The van der Waals surface area contributed by atoms with Gasteiger partial charge in [-0.25, -0.2) is 0 Å². The van der Waals surface area contributed by atoms with E-state index in [4.69, 9.17) is 9.47 Å². The van der Waals surface area contributed by atoms with Crippen molar-refractivity contribution in [1.29, 1.82) is 0 Å². The fourth-order valence-electron chi connectivity index (χ4n) is 2.27. The Balaban J connectivity index is 2.00. The van der Waals surface area contributed by atoms with Gasteiger partial charge in [0, 0.05) is 18.2 Å². The van der Waals surface area contributed by atoms with Crippen LogP contribution in [0.4, 0.5) is 5.69 Å². The van der Waals surface area contributed by atoms with Crippen LogP contribution in [-0.4, -0.2) is 30.7 Å². The van der Waals surface area contributed by atoms with Crippen LogP contribution in [0.1, 0.15) is 26.2 Å². The Morgan fingerprint density at radius 3 is 2.90 bits per heavy atom. The van der Waals surface area contributed by atoms with Crippen molar-refractivity contribution < 1.29 is 14.4 Å². The van der Waals surface area contributed by atoms with E-state index in [0.29, 0.717) is 25.0 Å². The number of ether oxygens (including phenoxy) is 2. The number of nitro groups is 1. The van der Waals surface area contributed by atoms with E-state index in [9.17, 15) is 10.1 Å². The fraction of sp³-hybridized carbons (Fsp3) is 0.571. The largest absolute Gasteiger partial charge is 0.492 e. The van der Waals surface area contributed by atoms with Gasteiger partial charge in [-0.15, -0.1) is 0 Å². The van der Waals surface area contributed by atoms with Gasteiger partial charge in [0.05, 0.1) is 11.5 Å². The summed E-state index contributed by atoms with van der Waals surface area (Å²) in [4.78, 5) is 10.4. The first-order chi connectivity index (χ1) is 9.70. The van der Waals surface area contributed by atoms with Crippen molar-refractivity contribution in [3.63, 3.8) is 0 Å². The number of piperidine rings is 1. The highest BCUT2D eigenvalue weighted by Crippen LogP contribution is 2.31. The summed E-state index contributed by atoms with van der Waals surface area (Å²) in [5.74, 6) is 0.859. The van der Waals surface area contributed by atoms with Crippen LogP contribution in [0.5, 0.6) is 11.5 Å². The summed E-state index contributed by atoms with van der Waals surface area (Å²) >= 11 is 0. The third-order valence-corrected chi connectivity index (χ3v) is 3.29. The number of nitrogens with one attached hydrogen (secondary N) is 1. The van der Waals surface area contributed by atoms with Crippen molar-refractivity contribution in [3.8, 4) is 11.5 Å². The highest BCUT2D eigenvalue weighted by atomic mass is 16.6. The van der Waals surface area contributed by atoms with Crippen LogP contribution in [0.3, 0.4) is 0 Å². The van der Waals surface area contributed by atoms with E-state index in [1.54, 1.807) is 19.1 Å². The van der Waals surface area contributed by atoms with Gasteiger partial charge >= 0.3 is 5.69 Å². The molecule has 110 valence electrons. The van der Waals surface area contributed by atoms with Crippen LogP contribution in [-0.2, 0) is 0 Å². The third kappa shape index (κ3) is 3.84. The van der Waals surface area contributed by atoms with Crippen molar-refractivity contribution in [1.82, 2.24) is 5.32 Å². The van der Waals surface area contributed by atoms with E-state index in [1.165, 1.54) is 18.9 Å². The van der Waals surface area contributed by atoms with Gasteiger partial charge < -0.3 is 14.8 Å². The Hall–Kier alpha value is -1.82. The standard InChI is InChI=1S/C14H20N2O4/c1-2-19-14-9-12(6-7-13(14)16(17)18)20-10-11-5-3-4-8-15-11/h6-7,9,11,15H,2-5,8,10H2,1H3. The molecule has 1 aliphatic rings. The van der Waals surface area contributed by atoms with E-state index in [2.05, 4.69) is 5.32 Å². The highest BCUT2D eigenvalue weighted by Gasteiger charge is 2.17. The number of nitrogens with zero attached hydrogens (tertiary/aromatic N) is 1. The lowest BCUT2D eigenvalue weighted by atomic mass is 10.1. The minimum Gasteiger partial charge on any atom is -0.492 e. The number of rotatable bonds is 6. The van der Waals surface area contributed by atoms with Crippen molar-refractivity contribution in [2.75, 3.05) is 19.8 Å². The first-order valence-corrected chi connectivity index (χ1v) is 6.98. The lowest BCUT2D eigenvalue weighted by Crippen LogP contribution is -2.38. The molecule has 0 saturated carbocycles. The average Bonchev–Trinajstić information content (AvgIpc) is 2.46. The van der Waals surface area contributed by atoms with Gasteiger partial charge in [0.2, 0.25) is 5.75 Å². The molecule has 1 N–H and O–H groups in total. The van der Waals surface area contributed by atoms with Crippen LogP contribution in [0.2, 0.25) is 0 Å². The molecule has 2 rings (SSSR count). The quantitative estimate of drug-likeness (QED) is 0.640. The summed E-state index contributed by atoms with van der Waals surface area (Å²) in [6.45, 7) is 3.78. The molecule has 0 amide bonds. The second-order valence-corrected chi connectivity index (χ2v) is 4.78. The summed E-state index contributed by atoms with van der Waals surface area (Å²) in [7, 11) is 0. The molecule has 1 unspecified atom stereocenters. The molecule has 0 bridgehead atoms. The molecule has 1 heterocycles. The lowest BCUT2D eigenvalue weighted by molar-refractivity contribution is -0.385. The summed E-state index contributed by atoms with van der Waals surface area (Å²) in [5, 5.41) is 14.3. The number of hydrogen-bond acceptors (Lipinski definition) is 5. The third-order valence-electron chi connectivity index (χ3n) is 3.29. The molecular weight excluding hydrogens is 260 g/mol. The smallest absolute Gasteiger partial charge is 0.311 e. The first-order valence-electron chi connectivity index (χ1n) is 6.98. The zero-order chi connectivity index (χ0) is 14.4. The zero-order valence-electron chi connectivity index (χ0n) is 11.6. The summed E-state index contributed by atoms with van der Waals surface area (Å²) in [6.07, 6.45) is 3.53. The second kappa shape index (κ2) is 7.09. The molecule has 1 aromatic carbocycles. The maximum Gasteiger partial charge on any atom is 0.311 e. The van der Waals surface area contributed by atoms with Crippen LogP contribution >= 0.6 is 0 Å². The normalized spacial score (nSPS) is 18.6. The Bertz CT molecular complexity index is 458. The average molecular weight is 280 g/mol. The Kier molecular flexibility index (Phi) is 5.17. The Morgan fingerprint density at radius 1 is 1.40 bits per heavy atom. The van der Waals surface area contributed by atoms with Crippen LogP contribution in [0, 0.1) is 10.1 Å². The van der Waals surface area contributed by atoms with E-state index in [1.807, 2.05) is 0 Å². The minimum atomic E-state index is -0.447. The van der Waals surface area contributed by atoms with E-state index >= 15 is 0 Å². The van der Waals surface area contributed by atoms with Gasteiger partial charge in [0.1, 0.15) is 12.4 Å². The van der Waals surface area contributed by atoms with Crippen molar-refractivity contribution in [2.24, 2.45) is 0 Å². The van der Waals surface area contributed by atoms with Crippen LogP contribution in [0.15, 0.2) is 18.2 Å². The van der Waals surface area contributed by atoms with Crippen molar-refractivity contribution in [3.05, 3.63) is 28.3 Å². The molecule has 1 saturated heterocycles. The summed E-state index contributed by atoms with van der Waals surface area (Å²) in [6, 6.07) is 4.98. The molecule has 1 aromatic rings. The number of hydrogen-bond donors (Lipinski definition) is 1. The minimum absolute atomic E-state index is 0.0324. The SMILES string of the molecule is CCOc1cc(OCC2CCCCN2)ccc1[N+](=O)[O-]. The molecule has 0 aliphatic carbocycles. The zero-order valence-corrected chi connectivity index (χ0v) is 11.6. The molecule has 0 radical (unpaired) electrons. The first kappa shape index (κ1) is 14.6. The maximum absolute atomic E-state index is 10.9. The van der Waals surface area contributed by atoms with Gasteiger partial charge in [0.15, 0.2) is 0 Å². The summed E-state index contributed by atoms with van der Waals surface area (Å²) < 4.78 is 11.0. The van der Waals surface area contributed by atoms with Gasteiger partial charge in [-0.05, 0) is 32.4 Å². The van der Waals surface area contributed by atoms with E-state index in [-0.39, 0.29) is 11.4 Å². The predicted molar refractivity (Wildman–Crippen MR) is 75.4 cm³/mol. The maximum atomic E-state index is 10.9. The molecule has 20 heavy (non-hydrogen) atoms. The fourth-order valence-corrected chi connectivity index (χ4v) is 2.27. The van der Waals surface area contributed by atoms with Crippen LogP contribution < -0.4 is 14.8 Å². The van der Waals surface area contributed by atoms with Crippen molar-refractivity contribution >= 4 is 5.69 Å². The molecule has 6 heteroatoms. The van der Waals surface area contributed by atoms with Gasteiger partial charge in [-0.1, -0.05) is 6.42 Å². The van der Waals surface area contributed by atoms with Gasteiger partial charge in [0.25, 0.3) is 0 Å². The number of benzene rings is 1. The molecule has 1 atom stereocenters. The molecule has 0 spiro atoms. The highest BCUT2D eigenvalue weighted by molar-refractivity contribution is 5.50. The molecular formula is C14H20N2O4. The molecule has 6 nitrogen and oxygen atoms in total. The van der Waals surface area contributed by atoms with Crippen LogP contribution in [0.25, 0.3) is 0 Å². The molecule has 0 aromatic heterocycles. The molecule has 1 aliphatic heterocycles. The Labute approximate surface area is 118 Å². The summed E-state index contributed by atoms with van der Waals surface area (Å²) in [5.41, 5.74) is -0.0324. The topological polar surface area (TPSA) is 73.6 Å². The van der Waals surface area contributed by atoms with Gasteiger partial charge in [-0.3, -0.25) is 10.1 Å². The Morgan fingerprint density at radius 2 is 2.25 bits per heavy atom. The predicted octanol–water partition coefficient (Wildman–Crippen LogP) is 2.51. The lowest BCUT2D eigenvalue weighted by Gasteiger charge is -2.23. The van der Waals surface area contributed by atoms with Gasteiger partial charge in [-0.2, -0.15) is 0 Å². The van der Waals surface area contributed by atoms with E-state index in [0.717, 1.165) is 13.0 Å².